The van der Waals surface area contributed by atoms with E-state index in [1.54, 1.807) is 11.6 Å². The van der Waals surface area contributed by atoms with Crippen LogP contribution in [-0.2, 0) is 17.1 Å². The summed E-state index contributed by atoms with van der Waals surface area (Å²) in [7, 11) is -1.92. The zero-order valence-electron chi connectivity index (χ0n) is 16.0. The third-order valence-electron chi connectivity index (χ3n) is 3.83. The van der Waals surface area contributed by atoms with Crippen LogP contribution in [0.1, 0.15) is 11.3 Å². The van der Waals surface area contributed by atoms with Crippen molar-refractivity contribution in [1.29, 1.82) is 0 Å². The zero-order valence-corrected chi connectivity index (χ0v) is 16.8. The molecule has 3 aromatic rings. The van der Waals surface area contributed by atoms with Gasteiger partial charge >= 0.3 is 0 Å². The molecule has 28 heavy (non-hydrogen) atoms. The molecule has 0 radical (unpaired) electrons. The van der Waals surface area contributed by atoms with Gasteiger partial charge in [-0.15, -0.1) is 0 Å². The molecule has 148 valence electrons. The smallest absolute Gasteiger partial charge is 0.259 e. The second-order valence-corrected chi connectivity index (χ2v) is 8.12. The highest BCUT2D eigenvalue weighted by Gasteiger charge is 2.16. The predicted octanol–water partition coefficient (Wildman–Crippen LogP) is 1.96. The molecular weight excluding hydrogens is 378 g/mol. The molecule has 2 heterocycles. The van der Waals surface area contributed by atoms with E-state index >= 15 is 0 Å². The van der Waals surface area contributed by atoms with Crippen LogP contribution in [0.2, 0.25) is 0 Å². The van der Waals surface area contributed by atoms with Crippen LogP contribution in [0.4, 0.5) is 17.5 Å². The molecular formula is C18H23N7O2S. The molecule has 9 nitrogen and oxygen atoms in total. The Labute approximate surface area is 164 Å². The molecule has 0 unspecified atom stereocenters. The van der Waals surface area contributed by atoms with Gasteiger partial charge in [-0.25, -0.2) is 23.1 Å². The van der Waals surface area contributed by atoms with Crippen molar-refractivity contribution in [3.05, 3.63) is 54.1 Å². The summed E-state index contributed by atoms with van der Waals surface area (Å²) in [6.45, 7) is 4.41. The zero-order chi connectivity index (χ0) is 20.1. The minimum Gasteiger partial charge on any atom is -0.353 e. The van der Waals surface area contributed by atoms with E-state index in [0.717, 1.165) is 11.4 Å². The number of nitrogens with one attached hydrogen (secondary N) is 3. The molecule has 0 amide bonds. The third kappa shape index (κ3) is 5.27. The van der Waals surface area contributed by atoms with E-state index in [-0.39, 0.29) is 11.6 Å². The largest absolute Gasteiger partial charge is 0.353 e. The Balaban J connectivity index is 1.57. The van der Waals surface area contributed by atoms with Crippen LogP contribution in [0.5, 0.6) is 0 Å². The first kappa shape index (κ1) is 19.8. The normalized spacial score (nSPS) is 11.4. The molecule has 0 spiro atoms. The predicted molar refractivity (Wildman–Crippen MR) is 108 cm³/mol. The quantitative estimate of drug-likeness (QED) is 0.494. The van der Waals surface area contributed by atoms with Crippen LogP contribution in [0.3, 0.4) is 0 Å². The Kier molecular flexibility index (Phi) is 5.90. The molecule has 0 atom stereocenters. The molecule has 0 saturated carbocycles. The first-order chi connectivity index (χ1) is 13.3. The lowest BCUT2D eigenvalue weighted by atomic mass is 10.2. The molecule has 0 aliphatic carbocycles. The number of imidazole rings is 1. The fourth-order valence-corrected chi connectivity index (χ4v) is 3.47. The van der Waals surface area contributed by atoms with Crippen LogP contribution in [0.25, 0.3) is 0 Å². The van der Waals surface area contributed by atoms with E-state index in [1.165, 1.54) is 18.1 Å². The molecule has 3 rings (SSSR count). The number of aromatic nitrogens is 4. The van der Waals surface area contributed by atoms with E-state index in [1.807, 2.05) is 44.2 Å². The van der Waals surface area contributed by atoms with E-state index in [4.69, 9.17) is 0 Å². The van der Waals surface area contributed by atoms with Gasteiger partial charge in [0.15, 0.2) is 5.03 Å². The maximum atomic E-state index is 12.1. The second kappa shape index (κ2) is 8.36. The number of sulfonamides is 1. The molecule has 0 bridgehead atoms. The minimum absolute atomic E-state index is 0.00797. The Morgan fingerprint density at radius 1 is 1.07 bits per heavy atom. The maximum absolute atomic E-state index is 12.1. The van der Waals surface area contributed by atoms with Crippen molar-refractivity contribution < 1.29 is 8.42 Å². The highest BCUT2D eigenvalue weighted by molar-refractivity contribution is 7.89. The molecule has 0 saturated heterocycles. The highest BCUT2D eigenvalue weighted by atomic mass is 32.2. The van der Waals surface area contributed by atoms with Crippen LogP contribution in [0, 0.1) is 13.8 Å². The number of aryl methyl sites for hydroxylation is 3. The van der Waals surface area contributed by atoms with Crippen molar-refractivity contribution in [2.75, 3.05) is 23.7 Å². The van der Waals surface area contributed by atoms with Gasteiger partial charge in [0.05, 0.1) is 6.33 Å². The topological polar surface area (TPSA) is 114 Å². The van der Waals surface area contributed by atoms with Crippen LogP contribution >= 0.6 is 0 Å². The van der Waals surface area contributed by atoms with Crippen molar-refractivity contribution in [2.24, 2.45) is 7.05 Å². The van der Waals surface area contributed by atoms with Crippen LogP contribution in [0.15, 0.2) is 47.9 Å². The van der Waals surface area contributed by atoms with Gasteiger partial charge in [0.25, 0.3) is 10.0 Å². The summed E-state index contributed by atoms with van der Waals surface area (Å²) in [5.41, 5.74) is 2.90. The first-order valence-corrected chi connectivity index (χ1v) is 10.2. The van der Waals surface area contributed by atoms with Crippen LogP contribution in [-0.4, -0.2) is 41.0 Å². The van der Waals surface area contributed by atoms with E-state index in [0.29, 0.717) is 18.3 Å². The summed E-state index contributed by atoms with van der Waals surface area (Å²) in [6.07, 6.45) is 2.89. The SMILES string of the molecule is Cc1ccc(Nc2cc(C)nc(NCCNS(=O)(=O)c3cn(C)cn3)n2)cc1. The van der Waals surface area contributed by atoms with Crippen molar-refractivity contribution >= 4 is 27.5 Å². The van der Waals surface area contributed by atoms with E-state index in [9.17, 15) is 8.42 Å². The van der Waals surface area contributed by atoms with Crippen molar-refractivity contribution in [3.63, 3.8) is 0 Å². The second-order valence-electron chi connectivity index (χ2n) is 6.41. The van der Waals surface area contributed by atoms with Gasteiger partial charge in [-0.05, 0) is 26.0 Å². The van der Waals surface area contributed by atoms with Gasteiger partial charge in [-0.2, -0.15) is 4.98 Å². The molecule has 0 aliphatic rings. The number of benzene rings is 1. The lowest BCUT2D eigenvalue weighted by molar-refractivity contribution is 0.579. The number of nitrogens with zero attached hydrogens (tertiary/aromatic N) is 4. The van der Waals surface area contributed by atoms with Gasteiger partial charge in [-0.3, -0.25) is 0 Å². The maximum Gasteiger partial charge on any atom is 0.259 e. The van der Waals surface area contributed by atoms with Gasteiger partial charge < -0.3 is 15.2 Å². The summed E-state index contributed by atoms with van der Waals surface area (Å²) >= 11 is 0. The summed E-state index contributed by atoms with van der Waals surface area (Å²) in [4.78, 5) is 12.6. The number of hydrogen-bond donors (Lipinski definition) is 3. The minimum atomic E-state index is -3.63. The van der Waals surface area contributed by atoms with Gasteiger partial charge in [0.1, 0.15) is 5.82 Å². The number of anilines is 3. The summed E-state index contributed by atoms with van der Waals surface area (Å²) in [5.74, 6) is 1.08. The summed E-state index contributed by atoms with van der Waals surface area (Å²) in [6, 6.07) is 9.83. The molecule has 1 aromatic carbocycles. The van der Waals surface area contributed by atoms with E-state index in [2.05, 4.69) is 30.3 Å². The average molecular weight is 401 g/mol. The van der Waals surface area contributed by atoms with Gasteiger partial charge in [0.2, 0.25) is 5.95 Å². The first-order valence-electron chi connectivity index (χ1n) is 8.73. The average Bonchev–Trinajstić information content (AvgIpc) is 3.08. The van der Waals surface area contributed by atoms with Gasteiger partial charge in [0, 0.05) is 43.8 Å². The Morgan fingerprint density at radius 3 is 2.50 bits per heavy atom. The lowest BCUT2D eigenvalue weighted by Crippen LogP contribution is -2.29. The molecule has 3 N–H and O–H groups in total. The standard InChI is InChI=1S/C18H23N7O2S/c1-13-4-6-15(7-5-13)23-16-10-14(2)22-18(24-16)19-8-9-21-28(26,27)17-11-25(3)12-20-17/h4-7,10-12,21H,8-9H2,1-3H3,(H2,19,22,23,24). The number of rotatable bonds is 8. The van der Waals surface area contributed by atoms with Crippen LogP contribution < -0.4 is 15.4 Å². The number of hydrogen-bond acceptors (Lipinski definition) is 7. The van der Waals surface area contributed by atoms with E-state index < -0.39 is 10.0 Å². The Bertz CT molecular complexity index is 1050. The summed E-state index contributed by atoms with van der Waals surface area (Å²) < 4.78 is 28.3. The monoisotopic (exact) mass is 401 g/mol. The lowest BCUT2D eigenvalue weighted by Gasteiger charge is -2.10. The fourth-order valence-electron chi connectivity index (χ4n) is 2.46. The Morgan fingerprint density at radius 2 is 1.82 bits per heavy atom. The summed E-state index contributed by atoms with van der Waals surface area (Å²) in [5, 5.41) is 6.26. The van der Waals surface area contributed by atoms with Crippen molar-refractivity contribution in [2.45, 2.75) is 18.9 Å². The third-order valence-corrected chi connectivity index (χ3v) is 5.18. The molecule has 10 heteroatoms. The molecule has 0 fully saturated rings. The van der Waals surface area contributed by atoms with Gasteiger partial charge in [-0.1, -0.05) is 17.7 Å². The molecule has 0 aliphatic heterocycles. The highest BCUT2D eigenvalue weighted by Crippen LogP contribution is 2.17. The molecule has 2 aromatic heterocycles. The Hall–Kier alpha value is -2.98. The van der Waals surface area contributed by atoms with Crippen molar-refractivity contribution in [3.8, 4) is 0 Å². The fraction of sp³-hybridized carbons (Fsp3) is 0.278. The van der Waals surface area contributed by atoms with Crippen molar-refractivity contribution in [1.82, 2.24) is 24.2 Å².